The van der Waals surface area contributed by atoms with Crippen molar-refractivity contribution in [1.82, 2.24) is 14.7 Å². The number of nitrogens with zero attached hydrogens (tertiary/aromatic N) is 3. The highest BCUT2D eigenvalue weighted by Gasteiger charge is 2.16. The Labute approximate surface area is 153 Å². The predicted molar refractivity (Wildman–Crippen MR) is 94.5 cm³/mol. The second kappa shape index (κ2) is 7.56. The summed E-state index contributed by atoms with van der Waals surface area (Å²) in [5.41, 5.74) is 1.40. The molecule has 1 heterocycles. The molecule has 0 aliphatic rings. The molecule has 0 aliphatic carbocycles. The molecule has 0 saturated heterocycles. The lowest BCUT2D eigenvalue weighted by molar-refractivity contribution is -0.384. The van der Waals surface area contributed by atoms with Crippen LogP contribution in [0.25, 0.3) is 11.3 Å². The fourth-order valence-corrected chi connectivity index (χ4v) is 3.27. The Balaban J connectivity index is 1.75. The molecule has 0 unspecified atom stereocenters. The molecule has 0 radical (unpaired) electrons. The van der Waals surface area contributed by atoms with Crippen molar-refractivity contribution >= 4 is 15.7 Å². The molecule has 27 heavy (non-hydrogen) atoms. The van der Waals surface area contributed by atoms with Crippen LogP contribution >= 0.6 is 0 Å². The fraction of sp³-hybridized carbons (Fsp3) is 0.0588. The van der Waals surface area contributed by atoms with Crippen LogP contribution in [0, 0.1) is 15.9 Å². The first-order valence-corrected chi connectivity index (χ1v) is 9.14. The minimum Gasteiger partial charge on any atom is -0.258 e. The van der Waals surface area contributed by atoms with E-state index in [9.17, 15) is 22.9 Å². The van der Waals surface area contributed by atoms with Gasteiger partial charge in [-0.15, -0.1) is 0 Å². The quantitative estimate of drug-likeness (QED) is 0.513. The number of nitro groups is 1. The van der Waals surface area contributed by atoms with Crippen LogP contribution in [0.3, 0.4) is 0 Å². The van der Waals surface area contributed by atoms with Gasteiger partial charge in [-0.2, -0.15) is 0 Å². The summed E-state index contributed by atoms with van der Waals surface area (Å²) in [6.07, 6.45) is 1.29. The van der Waals surface area contributed by atoms with E-state index in [1.807, 2.05) is 0 Å². The standard InChI is InChI=1S/C17H13FN4O4S/c18-13-3-1-12(2-4-13)17-9-14(19-11-20-17)10-21-27(25,26)16-7-5-15(6-8-16)22(23)24/h1-9,11,21H,10H2. The van der Waals surface area contributed by atoms with E-state index in [0.29, 0.717) is 17.0 Å². The largest absolute Gasteiger partial charge is 0.269 e. The van der Waals surface area contributed by atoms with E-state index in [-0.39, 0.29) is 22.9 Å². The summed E-state index contributed by atoms with van der Waals surface area (Å²) in [6.45, 7) is -0.101. The Morgan fingerprint density at radius 1 is 1.04 bits per heavy atom. The van der Waals surface area contributed by atoms with E-state index in [2.05, 4.69) is 14.7 Å². The lowest BCUT2D eigenvalue weighted by atomic mass is 10.1. The molecule has 0 aliphatic heterocycles. The van der Waals surface area contributed by atoms with E-state index in [0.717, 1.165) is 24.3 Å². The van der Waals surface area contributed by atoms with E-state index in [4.69, 9.17) is 0 Å². The molecule has 0 spiro atoms. The van der Waals surface area contributed by atoms with Crippen LogP contribution in [0.5, 0.6) is 0 Å². The van der Waals surface area contributed by atoms with Gasteiger partial charge >= 0.3 is 0 Å². The van der Waals surface area contributed by atoms with Crippen LogP contribution in [-0.4, -0.2) is 23.3 Å². The summed E-state index contributed by atoms with van der Waals surface area (Å²) in [6, 6.07) is 11.9. The van der Waals surface area contributed by atoms with Gasteiger partial charge in [-0.3, -0.25) is 10.1 Å². The highest BCUT2D eigenvalue weighted by atomic mass is 32.2. The molecule has 1 aromatic heterocycles. The van der Waals surface area contributed by atoms with Gasteiger partial charge in [0, 0.05) is 17.7 Å². The zero-order chi connectivity index (χ0) is 19.4. The third-order valence-electron chi connectivity index (χ3n) is 3.66. The van der Waals surface area contributed by atoms with Gasteiger partial charge in [-0.25, -0.2) is 27.5 Å². The van der Waals surface area contributed by atoms with Gasteiger partial charge in [0.2, 0.25) is 10.0 Å². The summed E-state index contributed by atoms with van der Waals surface area (Å²) in [4.78, 5) is 18.0. The predicted octanol–water partition coefficient (Wildman–Crippen LogP) is 2.67. The Kier molecular flexibility index (Phi) is 5.19. The molecule has 1 N–H and O–H groups in total. The summed E-state index contributed by atoms with van der Waals surface area (Å²) in [5, 5.41) is 10.6. The third-order valence-corrected chi connectivity index (χ3v) is 5.08. The number of hydrogen-bond donors (Lipinski definition) is 1. The Morgan fingerprint density at radius 2 is 1.70 bits per heavy atom. The maximum absolute atomic E-state index is 13.0. The first-order valence-electron chi connectivity index (χ1n) is 7.66. The molecule has 3 rings (SSSR count). The van der Waals surface area contributed by atoms with Gasteiger partial charge < -0.3 is 0 Å². The van der Waals surface area contributed by atoms with E-state index >= 15 is 0 Å². The number of rotatable bonds is 6. The number of nitrogens with one attached hydrogen (secondary N) is 1. The second-order valence-electron chi connectivity index (χ2n) is 5.48. The van der Waals surface area contributed by atoms with Gasteiger partial charge in [0.15, 0.2) is 0 Å². The SMILES string of the molecule is O=[N+]([O-])c1ccc(S(=O)(=O)NCc2cc(-c3ccc(F)cc3)ncn2)cc1. The number of nitro benzene ring substituents is 1. The highest BCUT2D eigenvalue weighted by Crippen LogP contribution is 2.18. The van der Waals surface area contributed by atoms with Gasteiger partial charge in [0.05, 0.1) is 27.8 Å². The molecule has 3 aromatic rings. The van der Waals surface area contributed by atoms with Crippen LogP contribution in [0.2, 0.25) is 0 Å². The number of halogens is 1. The van der Waals surface area contributed by atoms with Crippen LogP contribution < -0.4 is 4.72 Å². The van der Waals surface area contributed by atoms with Crippen LogP contribution in [0.4, 0.5) is 10.1 Å². The molecule has 8 nitrogen and oxygen atoms in total. The maximum Gasteiger partial charge on any atom is 0.269 e. The van der Waals surface area contributed by atoms with Gasteiger partial charge in [0.1, 0.15) is 12.1 Å². The normalized spacial score (nSPS) is 11.3. The van der Waals surface area contributed by atoms with Gasteiger partial charge in [-0.05, 0) is 42.5 Å². The third kappa shape index (κ3) is 4.49. The van der Waals surface area contributed by atoms with Crippen molar-refractivity contribution in [3.8, 4) is 11.3 Å². The van der Waals surface area contributed by atoms with Crippen molar-refractivity contribution < 1.29 is 17.7 Å². The summed E-state index contributed by atoms with van der Waals surface area (Å²) in [7, 11) is -3.87. The average Bonchev–Trinajstić information content (AvgIpc) is 2.67. The lowest BCUT2D eigenvalue weighted by Crippen LogP contribution is -2.23. The van der Waals surface area contributed by atoms with Gasteiger partial charge in [0.25, 0.3) is 5.69 Å². The molecule has 0 amide bonds. The Bertz CT molecular complexity index is 1070. The van der Waals surface area contributed by atoms with E-state index in [1.54, 1.807) is 18.2 Å². The zero-order valence-corrected chi connectivity index (χ0v) is 14.6. The zero-order valence-electron chi connectivity index (χ0n) is 13.7. The molecule has 2 aromatic carbocycles. The molecular weight excluding hydrogens is 375 g/mol. The van der Waals surface area contributed by atoms with Crippen molar-refractivity contribution in [3.05, 3.63) is 82.6 Å². The first-order chi connectivity index (χ1) is 12.8. The smallest absolute Gasteiger partial charge is 0.258 e. The molecule has 0 atom stereocenters. The number of hydrogen-bond acceptors (Lipinski definition) is 6. The minimum absolute atomic E-state index is 0.0964. The summed E-state index contributed by atoms with van der Waals surface area (Å²) in [5.74, 6) is -0.371. The molecule has 0 bridgehead atoms. The average molecular weight is 388 g/mol. The number of non-ortho nitro benzene ring substituents is 1. The monoisotopic (exact) mass is 388 g/mol. The number of aromatic nitrogens is 2. The first kappa shape index (κ1) is 18.5. The number of benzene rings is 2. The molecule has 138 valence electrons. The van der Waals surface area contributed by atoms with Crippen molar-refractivity contribution in [3.63, 3.8) is 0 Å². The maximum atomic E-state index is 13.0. The Hall–Kier alpha value is -3.24. The topological polar surface area (TPSA) is 115 Å². The summed E-state index contributed by atoms with van der Waals surface area (Å²) >= 11 is 0. The summed E-state index contributed by atoms with van der Waals surface area (Å²) < 4.78 is 40.0. The minimum atomic E-state index is -3.87. The van der Waals surface area contributed by atoms with Crippen molar-refractivity contribution in [1.29, 1.82) is 0 Å². The van der Waals surface area contributed by atoms with E-state index < -0.39 is 14.9 Å². The lowest BCUT2D eigenvalue weighted by Gasteiger charge is -2.07. The van der Waals surface area contributed by atoms with Crippen LogP contribution in [-0.2, 0) is 16.6 Å². The highest BCUT2D eigenvalue weighted by molar-refractivity contribution is 7.89. The van der Waals surface area contributed by atoms with Crippen LogP contribution in [0.1, 0.15) is 5.69 Å². The van der Waals surface area contributed by atoms with Crippen molar-refractivity contribution in [2.24, 2.45) is 0 Å². The Morgan fingerprint density at radius 3 is 2.33 bits per heavy atom. The van der Waals surface area contributed by atoms with Crippen molar-refractivity contribution in [2.75, 3.05) is 0 Å². The van der Waals surface area contributed by atoms with Crippen molar-refractivity contribution in [2.45, 2.75) is 11.4 Å². The van der Waals surface area contributed by atoms with E-state index in [1.165, 1.54) is 18.5 Å². The molecule has 0 fully saturated rings. The second-order valence-corrected chi connectivity index (χ2v) is 7.24. The molecule has 0 saturated carbocycles. The fourth-order valence-electron chi connectivity index (χ4n) is 2.27. The van der Waals surface area contributed by atoms with Crippen LogP contribution in [0.15, 0.2) is 65.8 Å². The molecule has 10 heteroatoms. The van der Waals surface area contributed by atoms with Gasteiger partial charge in [-0.1, -0.05) is 0 Å². The number of sulfonamides is 1. The molecular formula is C17H13FN4O4S.